The molecule has 0 radical (unpaired) electrons. The zero-order valence-corrected chi connectivity index (χ0v) is 17.7. The summed E-state index contributed by atoms with van der Waals surface area (Å²) in [5.41, 5.74) is 4.56. The first-order chi connectivity index (χ1) is 14.4. The van der Waals surface area contributed by atoms with Gasteiger partial charge in [-0.25, -0.2) is 18.4 Å². The van der Waals surface area contributed by atoms with Crippen LogP contribution in [0.25, 0.3) is 0 Å². The highest BCUT2D eigenvalue weighted by Crippen LogP contribution is 2.36. The number of ether oxygens (including phenoxy) is 1. The van der Waals surface area contributed by atoms with E-state index in [1.807, 2.05) is 0 Å². The number of nitrogen functional groups attached to an aromatic ring is 1. The number of hydrogen-bond donors (Lipinski definition) is 2. The van der Waals surface area contributed by atoms with Crippen molar-refractivity contribution in [1.82, 2.24) is 15.3 Å². The van der Waals surface area contributed by atoms with E-state index in [2.05, 4.69) is 15.3 Å². The molecule has 1 aliphatic carbocycles. The lowest BCUT2D eigenvalue weighted by Gasteiger charge is -2.18. The Balaban J connectivity index is 1.93. The smallest absolute Gasteiger partial charge is 0.292 e. The summed E-state index contributed by atoms with van der Waals surface area (Å²) in [6.45, 7) is 0.618. The van der Waals surface area contributed by atoms with Crippen molar-refractivity contribution in [2.24, 2.45) is 5.92 Å². The van der Waals surface area contributed by atoms with Crippen molar-refractivity contribution in [2.45, 2.75) is 31.7 Å². The minimum Gasteiger partial charge on any atom is -0.437 e. The molecule has 1 saturated carbocycles. The van der Waals surface area contributed by atoms with E-state index < -0.39 is 50.8 Å². The average molecular weight is 452 g/mol. The maximum Gasteiger partial charge on any atom is 0.292 e. The fourth-order valence-electron chi connectivity index (χ4n) is 2.78. The number of hydrogen-bond acceptors (Lipinski definition) is 7. The maximum atomic E-state index is 14.1. The molecule has 11 heteroatoms. The van der Waals surface area contributed by atoms with Crippen molar-refractivity contribution in [2.75, 3.05) is 12.0 Å². The van der Waals surface area contributed by atoms with Gasteiger partial charge in [0.1, 0.15) is 5.75 Å². The fraction of sp³-hybridized carbons (Fsp3) is 0.350. The van der Waals surface area contributed by atoms with Crippen molar-refractivity contribution in [3.63, 3.8) is 0 Å². The molecule has 0 saturated heterocycles. The van der Waals surface area contributed by atoms with E-state index >= 15 is 0 Å². The molecule has 8 nitrogen and oxygen atoms in total. The lowest BCUT2D eigenvalue weighted by atomic mass is 10.1. The van der Waals surface area contributed by atoms with Gasteiger partial charge in [-0.3, -0.25) is 4.79 Å². The van der Waals surface area contributed by atoms with E-state index in [0.717, 1.165) is 24.5 Å². The second-order valence-electron chi connectivity index (χ2n) is 7.41. The first-order valence-corrected chi connectivity index (χ1v) is 11.4. The molecule has 1 atom stereocenters. The van der Waals surface area contributed by atoms with Gasteiger partial charge in [0.05, 0.1) is 6.04 Å². The SMILES string of the molecule is CC(F)(F)c1nc(N)c(C(=O)N[C@H](/C=C/S(C)(=O)=O)C2CC2)nc1Oc1ccccc1. The molecule has 0 bridgehead atoms. The van der Waals surface area contributed by atoms with Gasteiger partial charge in [0, 0.05) is 18.6 Å². The van der Waals surface area contributed by atoms with Gasteiger partial charge in [-0.2, -0.15) is 8.78 Å². The molecule has 1 amide bonds. The number of nitrogens with two attached hydrogens (primary N) is 1. The summed E-state index contributed by atoms with van der Waals surface area (Å²) in [5, 5.41) is 3.65. The van der Waals surface area contributed by atoms with Gasteiger partial charge in [-0.1, -0.05) is 24.3 Å². The quantitative estimate of drug-likeness (QED) is 0.631. The van der Waals surface area contributed by atoms with E-state index in [1.165, 1.54) is 18.2 Å². The average Bonchev–Trinajstić information content (AvgIpc) is 3.50. The van der Waals surface area contributed by atoms with E-state index in [1.54, 1.807) is 18.2 Å². The van der Waals surface area contributed by atoms with Crippen molar-refractivity contribution in [3.8, 4) is 11.6 Å². The van der Waals surface area contributed by atoms with Crippen LogP contribution in [0.5, 0.6) is 11.6 Å². The number of carbonyl (C=O) groups excluding carboxylic acids is 1. The van der Waals surface area contributed by atoms with E-state index in [-0.39, 0.29) is 11.7 Å². The molecule has 1 aromatic heterocycles. The number of nitrogens with zero attached hydrogens (tertiary/aromatic N) is 2. The number of carbonyl (C=O) groups is 1. The van der Waals surface area contributed by atoms with Gasteiger partial charge in [-0.05, 0) is 30.9 Å². The van der Waals surface area contributed by atoms with Crippen LogP contribution in [-0.2, 0) is 15.8 Å². The molecule has 1 aliphatic rings. The third kappa shape index (κ3) is 6.20. The number of halogens is 2. The number of anilines is 1. The van der Waals surface area contributed by atoms with Crippen LogP contribution in [0.1, 0.15) is 35.9 Å². The molecule has 0 unspecified atom stereocenters. The molecule has 166 valence electrons. The Morgan fingerprint density at radius 2 is 1.94 bits per heavy atom. The van der Waals surface area contributed by atoms with Gasteiger partial charge < -0.3 is 15.8 Å². The molecule has 3 rings (SSSR count). The van der Waals surface area contributed by atoms with Crippen molar-refractivity contribution in [1.29, 1.82) is 0 Å². The Kier molecular flexibility index (Phi) is 6.25. The lowest BCUT2D eigenvalue weighted by Crippen LogP contribution is -2.36. The lowest BCUT2D eigenvalue weighted by molar-refractivity contribution is 0.0101. The molecule has 1 heterocycles. The minimum absolute atomic E-state index is 0.0652. The van der Waals surface area contributed by atoms with Gasteiger partial charge in [0.15, 0.2) is 27.0 Å². The van der Waals surface area contributed by atoms with Gasteiger partial charge >= 0.3 is 0 Å². The third-order valence-electron chi connectivity index (χ3n) is 4.44. The molecule has 31 heavy (non-hydrogen) atoms. The number of para-hydroxylation sites is 1. The number of rotatable bonds is 8. The van der Waals surface area contributed by atoms with Crippen molar-refractivity contribution < 1.29 is 26.7 Å². The van der Waals surface area contributed by atoms with Crippen LogP contribution in [0.4, 0.5) is 14.6 Å². The second kappa shape index (κ2) is 8.58. The van der Waals surface area contributed by atoms with Crippen LogP contribution in [0.3, 0.4) is 0 Å². The summed E-state index contributed by atoms with van der Waals surface area (Å²) in [6.07, 6.45) is 4.03. The second-order valence-corrected chi connectivity index (χ2v) is 9.34. The molecule has 3 N–H and O–H groups in total. The number of nitrogens with one attached hydrogen (secondary N) is 1. The summed E-state index contributed by atoms with van der Waals surface area (Å²) in [7, 11) is -3.38. The predicted octanol–water partition coefficient (Wildman–Crippen LogP) is 3.03. The van der Waals surface area contributed by atoms with E-state index in [4.69, 9.17) is 10.5 Å². The topological polar surface area (TPSA) is 124 Å². The summed E-state index contributed by atoms with van der Waals surface area (Å²) in [5.74, 6) is -4.94. The molecule has 1 fully saturated rings. The van der Waals surface area contributed by atoms with Gasteiger partial charge in [-0.15, -0.1) is 0 Å². The van der Waals surface area contributed by atoms with Gasteiger partial charge in [0.2, 0.25) is 5.88 Å². The Bertz CT molecular complexity index is 1100. The van der Waals surface area contributed by atoms with Crippen LogP contribution in [0.2, 0.25) is 0 Å². The van der Waals surface area contributed by atoms with Crippen LogP contribution in [0.15, 0.2) is 41.8 Å². The zero-order chi connectivity index (χ0) is 22.8. The first-order valence-electron chi connectivity index (χ1n) is 9.42. The largest absolute Gasteiger partial charge is 0.437 e. The third-order valence-corrected chi connectivity index (χ3v) is 5.09. The minimum atomic E-state index is -3.42. The number of alkyl halides is 2. The molecule has 2 aromatic rings. The molecule has 1 aromatic carbocycles. The first kappa shape index (κ1) is 22.6. The van der Waals surface area contributed by atoms with Crippen LogP contribution < -0.4 is 15.8 Å². The molecule has 0 spiro atoms. The van der Waals surface area contributed by atoms with E-state index in [0.29, 0.717) is 6.92 Å². The summed E-state index contributed by atoms with van der Waals surface area (Å²) < 4.78 is 56.4. The predicted molar refractivity (Wildman–Crippen MR) is 110 cm³/mol. The Morgan fingerprint density at radius 3 is 2.48 bits per heavy atom. The number of amides is 1. The number of benzene rings is 1. The molecule has 0 aliphatic heterocycles. The van der Waals surface area contributed by atoms with Crippen LogP contribution in [-0.4, -0.2) is 36.6 Å². The Morgan fingerprint density at radius 1 is 1.29 bits per heavy atom. The highest BCUT2D eigenvalue weighted by molar-refractivity contribution is 7.93. The maximum absolute atomic E-state index is 14.1. The summed E-state index contributed by atoms with van der Waals surface area (Å²) in [4.78, 5) is 20.4. The Labute approximate surface area is 178 Å². The standard InChI is InChI=1S/C20H22F2N4O4S/c1-20(21,22)16-19(30-13-6-4-3-5-7-13)25-15(17(23)26-16)18(27)24-14(12-8-9-12)10-11-31(2,28)29/h3-7,10-12,14H,8-9H2,1-2H3,(H2,23,26)(H,24,27)/b11-10+/t14-/m1/s1. The normalized spacial score (nSPS) is 15.6. The van der Waals surface area contributed by atoms with Crippen molar-refractivity contribution in [3.05, 3.63) is 53.2 Å². The van der Waals surface area contributed by atoms with Crippen LogP contribution in [0, 0.1) is 5.92 Å². The van der Waals surface area contributed by atoms with Gasteiger partial charge in [0.25, 0.3) is 11.8 Å². The molecular weight excluding hydrogens is 430 g/mol. The molecular formula is C20H22F2N4O4S. The monoisotopic (exact) mass is 452 g/mol. The highest BCUT2D eigenvalue weighted by Gasteiger charge is 2.36. The van der Waals surface area contributed by atoms with Crippen molar-refractivity contribution >= 4 is 21.6 Å². The summed E-state index contributed by atoms with van der Waals surface area (Å²) in [6, 6.07) is 7.51. The fourth-order valence-corrected chi connectivity index (χ4v) is 3.24. The number of aromatic nitrogens is 2. The Hall–Kier alpha value is -3.08. The number of sulfone groups is 1. The highest BCUT2D eigenvalue weighted by atomic mass is 32.2. The summed E-state index contributed by atoms with van der Waals surface area (Å²) >= 11 is 0. The van der Waals surface area contributed by atoms with Crippen LogP contribution >= 0.6 is 0 Å². The zero-order valence-electron chi connectivity index (χ0n) is 16.9. The van der Waals surface area contributed by atoms with E-state index in [9.17, 15) is 22.0 Å².